The zero-order valence-corrected chi connectivity index (χ0v) is 11.9. The summed E-state index contributed by atoms with van der Waals surface area (Å²) in [7, 11) is 0. The van der Waals surface area contributed by atoms with Crippen molar-refractivity contribution in [1.82, 2.24) is 5.32 Å². The van der Waals surface area contributed by atoms with Crippen LogP contribution in [0.2, 0.25) is 5.02 Å². The van der Waals surface area contributed by atoms with Gasteiger partial charge in [0.25, 0.3) is 0 Å². The molecular weight excluding hydrogens is 274 g/mol. The zero-order chi connectivity index (χ0) is 14.2. The molecule has 0 unspecified atom stereocenters. The quantitative estimate of drug-likeness (QED) is 0.771. The number of nitrogens with one attached hydrogen (secondary N) is 1. The molecule has 0 saturated heterocycles. The minimum atomic E-state index is 0.152. The Labute approximate surface area is 124 Å². The highest BCUT2D eigenvalue weighted by Gasteiger charge is 2.00. The van der Waals surface area contributed by atoms with Crippen LogP contribution in [0, 0.1) is 0 Å². The van der Waals surface area contributed by atoms with Crippen molar-refractivity contribution in [2.75, 3.05) is 13.2 Å². The molecule has 106 valence electrons. The lowest BCUT2D eigenvalue weighted by atomic mass is 10.2. The fourth-order valence-corrected chi connectivity index (χ4v) is 1.98. The predicted octanol–water partition coefficient (Wildman–Crippen LogP) is 3.00. The summed E-state index contributed by atoms with van der Waals surface area (Å²) in [6.45, 7) is 1.96. The Bertz CT molecular complexity index is 528. The molecule has 0 aliphatic carbocycles. The number of hydrogen-bond acceptors (Lipinski definition) is 3. The lowest BCUT2D eigenvalue weighted by Gasteiger charge is -2.09. The normalized spacial score (nSPS) is 10.5. The summed E-state index contributed by atoms with van der Waals surface area (Å²) in [4.78, 5) is 0. The molecule has 2 aromatic rings. The summed E-state index contributed by atoms with van der Waals surface area (Å²) in [5.74, 6) is 0.816. The van der Waals surface area contributed by atoms with E-state index in [0.29, 0.717) is 13.2 Å². The summed E-state index contributed by atoms with van der Waals surface area (Å²) < 4.78 is 5.71. The Morgan fingerprint density at radius 3 is 2.50 bits per heavy atom. The smallest absolute Gasteiger partial charge is 0.119 e. The summed E-state index contributed by atoms with van der Waals surface area (Å²) in [6, 6.07) is 15.5. The number of aliphatic hydroxyl groups excluding tert-OH is 1. The summed E-state index contributed by atoms with van der Waals surface area (Å²) in [5.41, 5.74) is 2.13. The molecule has 2 aromatic carbocycles. The van der Waals surface area contributed by atoms with Crippen LogP contribution < -0.4 is 10.1 Å². The van der Waals surface area contributed by atoms with Gasteiger partial charge in [-0.05, 0) is 23.8 Å². The highest BCUT2D eigenvalue weighted by atomic mass is 35.5. The van der Waals surface area contributed by atoms with E-state index in [1.807, 2.05) is 48.5 Å². The monoisotopic (exact) mass is 291 g/mol. The van der Waals surface area contributed by atoms with Crippen molar-refractivity contribution in [2.24, 2.45) is 0 Å². The predicted molar refractivity (Wildman–Crippen MR) is 81.0 cm³/mol. The number of halogens is 1. The molecule has 0 aliphatic rings. The Balaban J connectivity index is 1.86. The van der Waals surface area contributed by atoms with Crippen LogP contribution in [0.4, 0.5) is 0 Å². The molecule has 0 heterocycles. The van der Waals surface area contributed by atoms with Gasteiger partial charge < -0.3 is 15.2 Å². The van der Waals surface area contributed by atoms with Crippen LogP contribution in [0.5, 0.6) is 5.75 Å². The third-order valence-corrected chi connectivity index (χ3v) is 3.26. The zero-order valence-electron chi connectivity index (χ0n) is 11.2. The highest BCUT2D eigenvalue weighted by molar-refractivity contribution is 6.31. The summed E-state index contributed by atoms with van der Waals surface area (Å²) in [6.07, 6.45) is 0. The Hall–Kier alpha value is -1.55. The molecule has 20 heavy (non-hydrogen) atoms. The van der Waals surface area contributed by atoms with E-state index in [-0.39, 0.29) is 6.61 Å². The van der Waals surface area contributed by atoms with Crippen molar-refractivity contribution in [1.29, 1.82) is 0 Å². The van der Waals surface area contributed by atoms with Crippen molar-refractivity contribution >= 4 is 11.6 Å². The standard InChI is InChI=1S/C16H18ClNO2/c17-16-4-2-1-3-14(16)12-20-15-7-5-13(6-8-15)11-18-9-10-19/h1-8,18-19H,9-12H2. The van der Waals surface area contributed by atoms with Gasteiger partial charge in [-0.25, -0.2) is 0 Å². The molecule has 0 fully saturated rings. The van der Waals surface area contributed by atoms with Gasteiger partial charge in [0.1, 0.15) is 12.4 Å². The van der Waals surface area contributed by atoms with Gasteiger partial charge in [-0.1, -0.05) is 41.9 Å². The van der Waals surface area contributed by atoms with Crippen LogP contribution in [0.25, 0.3) is 0 Å². The molecule has 0 aromatic heterocycles. The van der Waals surface area contributed by atoms with Gasteiger partial charge in [0.2, 0.25) is 0 Å². The first-order valence-corrected chi connectivity index (χ1v) is 6.94. The van der Waals surface area contributed by atoms with E-state index in [1.165, 1.54) is 0 Å². The van der Waals surface area contributed by atoms with Gasteiger partial charge in [-0.15, -0.1) is 0 Å². The summed E-state index contributed by atoms with van der Waals surface area (Å²) >= 11 is 6.08. The average Bonchev–Trinajstić information content (AvgIpc) is 2.48. The van der Waals surface area contributed by atoms with Gasteiger partial charge in [0, 0.05) is 23.7 Å². The molecule has 4 heteroatoms. The van der Waals surface area contributed by atoms with Gasteiger partial charge in [-0.2, -0.15) is 0 Å². The largest absolute Gasteiger partial charge is 0.489 e. The fourth-order valence-electron chi connectivity index (χ4n) is 1.79. The van der Waals surface area contributed by atoms with Gasteiger partial charge in [-0.3, -0.25) is 0 Å². The van der Waals surface area contributed by atoms with Crippen molar-refractivity contribution in [3.63, 3.8) is 0 Å². The summed E-state index contributed by atoms with van der Waals surface area (Å²) in [5, 5.41) is 12.5. The first-order chi connectivity index (χ1) is 9.79. The molecule has 0 aliphatic heterocycles. The molecule has 2 N–H and O–H groups in total. The molecule has 0 saturated carbocycles. The maximum absolute atomic E-state index is 8.70. The van der Waals surface area contributed by atoms with Crippen LogP contribution in [0.1, 0.15) is 11.1 Å². The molecule has 0 radical (unpaired) electrons. The van der Waals surface area contributed by atoms with Gasteiger partial charge in [0.15, 0.2) is 0 Å². The van der Waals surface area contributed by atoms with Crippen LogP contribution in [0.15, 0.2) is 48.5 Å². The average molecular weight is 292 g/mol. The molecule has 3 nitrogen and oxygen atoms in total. The van der Waals surface area contributed by atoms with E-state index in [1.54, 1.807) is 0 Å². The van der Waals surface area contributed by atoms with Gasteiger partial charge >= 0.3 is 0 Å². The van der Waals surface area contributed by atoms with E-state index in [2.05, 4.69) is 5.32 Å². The van der Waals surface area contributed by atoms with E-state index in [4.69, 9.17) is 21.4 Å². The van der Waals surface area contributed by atoms with E-state index < -0.39 is 0 Å². The molecule has 0 bridgehead atoms. The minimum Gasteiger partial charge on any atom is -0.489 e. The second-order valence-electron chi connectivity index (χ2n) is 4.42. The molecule has 2 rings (SSSR count). The first-order valence-electron chi connectivity index (χ1n) is 6.56. The first kappa shape index (κ1) is 14.9. The third-order valence-electron chi connectivity index (χ3n) is 2.89. The number of ether oxygens (including phenoxy) is 1. The van der Waals surface area contributed by atoms with Crippen molar-refractivity contribution in [3.05, 3.63) is 64.7 Å². The maximum Gasteiger partial charge on any atom is 0.119 e. The molecular formula is C16H18ClNO2. The van der Waals surface area contributed by atoms with E-state index in [0.717, 1.165) is 28.4 Å². The Kier molecular flexibility index (Phi) is 5.87. The van der Waals surface area contributed by atoms with Crippen LogP contribution in [0.3, 0.4) is 0 Å². The minimum absolute atomic E-state index is 0.152. The fraction of sp³-hybridized carbons (Fsp3) is 0.250. The van der Waals surface area contributed by atoms with E-state index in [9.17, 15) is 0 Å². The lowest BCUT2D eigenvalue weighted by molar-refractivity contribution is 0.292. The third kappa shape index (κ3) is 4.53. The SMILES string of the molecule is OCCNCc1ccc(OCc2ccccc2Cl)cc1. The van der Waals surface area contributed by atoms with Gasteiger partial charge in [0.05, 0.1) is 6.61 Å². The van der Waals surface area contributed by atoms with Crippen molar-refractivity contribution < 1.29 is 9.84 Å². The molecule has 0 atom stereocenters. The number of hydrogen-bond donors (Lipinski definition) is 2. The second-order valence-corrected chi connectivity index (χ2v) is 4.83. The topological polar surface area (TPSA) is 41.5 Å². The Morgan fingerprint density at radius 2 is 1.80 bits per heavy atom. The van der Waals surface area contributed by atoms with Crippen molar-refractivity contribution in [2.45, 2.75) is 13.2 Å². The van der Waals surface area contributed by atoms with Crippen LogP contribution in [-0.4, -0.2) is 18.3 Å². The lowest BCUT2D eigenvalue weighted by Crippen LogP contribution is -2.17. The highest BCUT2D eigenvalue weighted by Crippen LogP contribution is 2.18. The number of rotatable bonds is 7. The molecule has 0 spiro atoms. The van der Waals surface area contributed by atoms with Crippen LogP contribution >= 0.6 is 11.6 Å². The number of benzene rings is 2. The Morgan fingerprint density at radius 1 is 1.05 bits per heavy atom. The van der Waals surface area contributed by atoms with E-state index >= 15 is 0 Å². The van der Waals surface area contributed by atoms with Crippen molar-refractivity contribution in [3.8, 4) is 5.75 Å². The number of aliphatic hydroxyl groups is 1. The van der Waals surface area contributed by atoms with Crippen LogP contribution in [-0.2, 0) is 13.2 Å². The maximum atomic E-state index is 8.70. The second kappa shape index (κ2) is 7.90. The molecule has 0 amide bonds.